The highest BCUT2D eigenvalue weighted by molar-refractivity contribution is 7.98. The van der Waals surface area contributed by atoms with Gasteiger partial charge in [0.15, 0.2) is 5.54 Å². The molecule has 1 aromatic carbocycles. The first-order valence-electron chi connectivity index (χ1n) is 13.7. The second-order valence-corrected chi connectivity index (χ2v) is 12.2. The number of methoxy groups -OCH3 is 1. The fourth-order valence-electron chi connectivity index (χ4n) is 7.14. The average molecular weight is 518 g/mol. The van der Waals surface area contributed by atoms with Gasteiger partial charge in [-0.2, -0.15) is 11.8 Å². The van der Waals surface area contributed by atoms with Gasteiger partial charge >= 0.3 is 5.97 Å². The minimum atomic E-state index is -0.809. The molecule has 0 N–H and O–H groups in total. The van der Waals surface area contributed by atoms with Crippen molar-refractivity contribution in [3.05, 3.63) is 35.6 Å². The highest BCUT2D eigenvalue weighted by atomic mass is 32.2. The third-order valence-corrected chi connectivity index (χ3v) is 9.60. The van der Waals surface area contributed by atoms with Crippen LogP contribution in [-0.4, -0.2) is 72.9 Å². The number of carbonyl (C=O) groups is 1. The molecule has 3 atom stereocenters. The van der Waals surface area contributed by atoms with E-state index in [1.54, 1.807) is 17.8 Å². The van der Waals surface area contributed by atoms with Crippen LogP contribution in [0.1, 0.15) is 75.8 Å². The van der Waals surface area contributed by atoms with E-state index in [4.69, 9.17) is 9.73 Å². The predicted octanol–water partition coefficient (Wildman–Crippen LogP) is 5.94. The Morgan fingerprint density at radius 1 is 1.19 bits per heavy atom. The predicted molar refractivity (Wildman–Crippen MR) is 147 cm³/mol. The molecule has 0 saturated heterocycles. The van der Waals surface area contributed by atoms with Crippen LogP contribution in [0.25, 0.3) is 0 Å². The lowest BCUT2D eigenvalue weighted by atomic mass is 9.72. The van der Waals surface area contributed by atoms with Crippen molar-refractivity contribution in [1.82, 2.24) is 9.80 Å². The van der Waals surface area contributed by atoms with Crippen molar-refractivity contribution in [2.45, 2.75) is 87.9 Å². The second kappa shape index (κ2) is 12.3. The lowest BCUT2D eigenvalue weighted by molar-refractivity contribution is -0.148. The number of hydrogen-bond acceptors (Lipinski definition) is 6. The molecule has 4 rings (SSSR count). The largest absolute Gasteiger partial charge is 0.467 e. The Labute approximate surface area is 221 Å². The number of carbonyl (C=O) groups excluding carboxylic acids is 1. The molecule has 5 nitrogen and oxygen atoms in total. The number of rotatable bonds is 9. The van der Waals surface area contributed by atoms with Crippen LogP contribution >= 0.6 is 11.8 Å². The van der Waals surface area contributed by atoms with E-state index < -0.39 is 5.54 Å². The molecule has 7 heteroatoms. The van der Waals surface area contributed by atoms with Crippen molar-refractivity contribution in [1.29, 1.82) is 0 Å². The maximum absolute atomic E-state index is 14.0. The summed E-state index contributed by atoms with van der Waals surface area (Å²) >= 11 is 1.68. The third-order valence-electron chi connectivity index (χ3n) is 8.87. The monoisotopic (exact) mass is 517 g/mol. The van der Waals surface area contributed by atoms with E-state index in [9.17, 15) is 9.18 Å². The molecule has 1 heterocycles. The molecule has 200 valence electrons. The van der Waals surface area contributed by atoms with Gasteiger partial charge in [0.1, 0.15) is 5.82 Å². The Balaban J connectivity index is 1.49. The lowest BCUT2D eigenvalue weighted by Crippen LogP contribution is -2.56. The molecule has 0 amide bonds. The summed E-state index contributed by atoms with van der Waals surface area (Å²) in [6, 6.07) is 7.87. The van der Waals surface area contributed by atoms with E-state index >= 15 is 0 Å². The van der Waals surface area contributed by atoms with Gasteiger partial charge in [-0.15, -0.1) is 0 Å². The number of hydrogen-bond donors (Lipinski definition) is 0. The highest BCUT2D eigenvalue weighted by Crippen LogP contribution is 2.44. The van der Waals surface area contributed by atoms with Crippen molar-refractivity contribution in [3.63, 3.8) is 0 Å². The van der Waals surface area contributed by atoms with Crippen molar-refractivity contribution in [2.24, 2.45) is 16.8 Å². The topological polar surface area (TPSA) is 45.1 Å². The highest BCUT2D eigenvalue weighted by Gasteiger charge is 2.54. The van der Waals surface area contributed by atoms with Gasteiger partial charge in [0, 0.05) is 17.8 Å². The van der Waals surface area contributed by atoms with E-state index in [-0.39, 0.29) is 23.9 Å². The molecule has 36 heavy (non-hydrogen) atoms. The van der Waals surface area contributed by atoms with Gasteiger partial charge in [0.2, 0.25) is 0 Å². The molecule has 0 radical (unpaired) electrons. The maximum atomic E-state index is 14.0. The molecule has 1 aromatic rings. The third kappa shape index (κ3) is 5.77. The Morgan fingerprint density at radius 2 is 1.92 bits per heavy atom. The quantitative estimate of drug-likeness (QED) is 0.379. The van der Waals surface area contributed by atoms with E-state index in [1.807, 2.05) is 12.4 Å². The first-order chi connectivity index (χ1) is 17.4. The van der Waals surface area contributed by atoms with Gasteiger partial charge < -0.3 is 14.5 Å². The van der Waals surface area contributed by atoms with Crippen LogP contribution in [0, 0.1) is 17.7 Å². The molecule has 1 aliphatic heterocycles. The number of ether oxygens (including phenoxy) is 1. The number of nitrogens with zero attached hydrogens (tertiary/aromatic N) is 3. The SMILES string of the molecule is COC(=O)C1(CSC)N=CN(C2CCCCC2)C1CC1CCC(C(c2cccc(F)c2)N(C)C)CC1. The first-order valence-corrected chi connectivity index (χ1v) is 15.1. The average Bonchev–Trinajstić information content (AvgIpc) is 3.24. The molecule has 3 aliphatic rings. The summed E-state index contributed by atoms with van der Waals surface area (Å²) in [6.45, 7) is 0. The Kier molecular flexibility index (Phi) is 9.37. The minimum absolute atomic E-state index is 0.0647. The molecule has 0 bridgehead atoms. The first kappa shape index (κ1) is 27.4. The van der Waals surface area contributed by atoms with Crippen LogP contribution < -0.4 is 0 Å². The second-order valence-electron chi connectivity index (χ2n) is 11.3. The van der Waals surface area contributed by atoms with Gasteiger partial charge in [0.25, 0.3) is 0 Å². The summed E-state index contributed by atoms with van der Waals surface area (Å²) in [5.41, 5.74) is 0.261. The Bertz CT molecular complexity index is 898. The van der Waals surface area contributed by atoms with Gasteiger partial charge in [-0.25, -0.2) is 9.18 Å². The number of benzene rings is 1. The number of aliphatic imine (C=N–C) groups is 1. The van der Waals surface area contributed by atoms with E-state index in [2.05, 4.69) is 36.2 Å². The molecular weight excluding hydrogens is 473 g/mol. The van der Waals surface area contributed by atoms with Gasteiger partial charge in [-0.05, 0) is 82.0 Å². The van der Waals surface area contributed by atoms with Crippen LogP contribution in [0.15, 0.2) is 29.3 Å². The molecule has 3 unspecified atom stereocenters. The molecule has 0 spiro atoms. The Morgan fingerprint density at radius 3 is 2.53 bits per heavy atom. The minimum Gasteiger partial charge on any atom is -0.467 e. The van der Waals surface area contributed by atoms with Gasteiger partial charge in [0.05, 0.1) is 19.5 Å². The van der Waals surface area contributed by atoms with Crippen molar-refractivity contribution in [3.8, 4) is 0 Å². The van der Waals surface area contributed by atoms with Gasteiger partial charge in [-0.1, -0.05) is 44.2 Å². The standard InChI is InChI=1S/C29H44FN3O2S/c1-32(2)27(23-9-8-10-24(30)18-23)22-15-13-21(14-16-22)17-26-29(19-36-4,28(34)35-3)31-20-33(26)25-11-6-5-7-12-25/h8-10,18,20-22,25-27H,5-7,11-17,19H2,1-4H3. The molecule has 2 fully saturated rings. The normalized spacial score (nSPS) is 30.1. The smallest absolute Gasteiger partial charge is 0.336 e. The van der Waals surface area contributed by atoms with Crippen LogP contribution in [0.4, 0.5) is 4.39 Å². The zero-order valence-corrected chi connectivity index (χ0v) is 23.3. The lowest BCUT2D eigenvalue weighted by Gasteiger charge is -2.43. The summed E-state index contributed by atoms with van der Waals surface area (Å²) in [4.78, 5) is 22.8. The summed E-state index contributed by atoms with van der Waals surface area (Å²) in [7, 11) is 5.71. The van der Waals surface area contributed by atoms with Crippen molar-refractivity contribution < 1.29 is 13.9 Å². The number of halogens is 1. The maximum Gasteiger partial charge on any atom is 0.336 e. The van der Waals surface area contributed by atoms with Crippen LogP contribution in [0.2, 0.25) is 0 Å². The van der Waals surface area contributed by atoms with Crippen LogP contribution in [-0.2, 0) is 9.53 Å². The number of esters is 1. The van der Waals surface area contributed by atoms with Crippen LogP contribution in [0.5, 0.6) is 0 Å². The summed E-state index contributed by atoms with van der Waals surface area (Å²) in [5, 5.41) is 0. The van der Waals surface area contributed by atoms with Crippen molar-refractivity contribution >= 4 is 24.1 Å². The molecule has 0 aromatic heterocycles. The van der Waals surface area contributed by atoms with E-state index in [0.29, 0.717) is 23.6 Å². The van der Waals surface area contributed by atoms with Crippen molar-refractivity contribution in [2.75, 3.05) is 33.2 Å². The Hall–Kier alpha value is -1.60. The summed E-state index contributed by atoms with van der Waals surface area (Å²) in [6.07, 6.45) is 15.7. The fraction of sp³-hybridized carbons (Fsp3) is 0.724. The molecular formula is C29H44FN3O2S. The molecule has 2 saturated carbocycles. The zero-order chi connectivity index (χ0) is 25.7. The van der Waals surface area contributed by atoms with Gasteiger partial charge in [-0.3, -0.25) is 4.99 Å². The van der Waals surface area contributed by atoms with E-state index in [1.165, 1.54) is 45.3 Å². The summed E-state index contributed by atoms with van der Waals surface area (Å²) in [5.74, 6) is 1.36. The number of thioether (sulfide) groups is 1. The van der Waals surface area contributed by atoms with Crippen LogP contribution in [0.3, 0.4) is 0 Å². The zero-order valence-electron chi connectivity index (χ0n) is 22.5. The fourth-order valence-corrected chi connectivity index (χ4v) is 7.97. The van der Waals surface area contributed by atoms with E-state index in [0.717, 1.165) is 37.7 Å². The summed E-state index contributed by atoms with van der Waals surface area (Å²) < 4.78 is 19.3. The molecule has 2 aliphatic carbocycles.